The second kappa shape index (κ2) is 2.32. The van der Waals surface area contributed by atoms with Crippen LogP contribution in [0.1, 0.15) is 25.0 Å². The minimum atomic E-state index is 0.185. The average Bonchev–Trinajstić information content (AvgIpc) is 2.54. The molecule has 3 aliphatic rings. The third-order valence-electron chi connectivity index (χ3n) is 3.20. The van der Waals surface area contributed by atoms with E-state index in [-0.39, 0.29) is 5.41 Å². The fraction of sp³-hybridized carbons (Fsp3) is 0.231. The van der Waals surface area contributed by atoms with Crippen LogP contribution in [0.4, 0.5) is 0 Å². The molecule has 14 heavy (non-hydrogen) atoms. The predicted octanol–water partition coefficient (Wildman–Crippen LogP) is 4.08. The Morgan fingerprint density at radius 2 is 1.79 bits per heavy atom. The first-order valence-electron chi connectivity index (χ1n) is 4.84. The van der Waals surface area contributed by atoms with Crippen LogP contribution in [-0.4, -0.2) is 0 Å². The first kappa shape index (κ1) is 8.31. The largest absolute Gasteiger partial charge is 0.0840 e. The lowest BCUT2D eigenvalue weighted by molar-refractivity contribution is 0.793. The molecule has 0 amide bonds. The predicted molar refractivity (Wildman–Crippen MR) is 60.2 cm³/mol. The lowest BCUT2D eigenvalue weighted by Crippen LogP contribution is -1.92. The third-order valence-corrected chi connectivity index (χ3v) is 3.52. The van der Waals surface area contributed by atoms with Gasteiger partial charge in [0, 0.05) is 10.4 Å². The zero-order chi connectivity index (χ0) is 9.92. The van der Waals surface area contributed by atoms with E-state index < -0.39 is 0 Å². The van der Waals surface area contributed by atoms with E-state index in [4.69, 9.17) is 11.6 Å². The molecule has 0 bridgehead atoms. The summed E-state index contributed by atoms with van der Waals surface area (Å²) in [6, 6.07) is 10.5. The highest BCUT2D eigenvalue weighted by Gasteiger charge is 2.45. The van der Waals surface area contributed by atoms with E-state index in [0.29, 0.717) is 0 Å². The van der Waals surface area contributed by atoms with E-state index in [2.05, 4.69) is 38.1 Å². The van der Waals surface area contributed by atoms with Crippen LogP contribution >= 0.6 is 11.6 Å². The van der Waals surface area contributed by atoms with Crippen molar-refractivity contribution < 1.29 is 0 Å². The van der Waals surface area contributed by atoms with Crippen molar-refractivity contribution in [3.63, 3.8) is 0 Å². The third kappa shape index (κ3) is 0.847. The first-order chi connectivity index (χ1) is 6.62. The smallest absolute Gasteiger partial charge is 0.0450 e. The number of hydrogen-bond acceptors (Lipinski definition) is 0. The topological polar surface area (TPSA) is 0 Å². The second-order valence-corrected chi connectivity index (χ2v) is 4.86. The van der Waals surface area contributed by atoms with Crippen LogP contribution in [0.25, 0.3) is 11.1 Å². The molecular formula is C13H11Cl. The van der Waals surface area contributed by atoms with Gasteiger partial charge in [0.05, 0.1) is 0 Å². The Hall–Kier alpha value is -1.01. The van der Waals surface area contributed by atoms with E-state index in [1.54, 1.807) is 0 Å². The summed E-state index contributed by atoms with van der Waals surface area (Å²) in [6.07, 6.45) is 0. The lowest BCUT2D eigenvalue weighted by atomic mass is 10.0. The van der Waals surface area contributed by atoms with Crippen molar-refractivity contribution in [3.05, 3.63) is 46.5 Å². The Morgan fingerprint density at radius 1 is 1.00 bits per heavy atom. The lowest BCUT2D eigenvalue weighted by Gasteiger charge is -2.01. The zero-order valence-electron chi connectivity index (χ0n) is 8.26. The van der Waals surface area contributed by atoms with Crippen molar-refractivity contribution in [3.8, 4) is 11.1 Å². The van der Waals surface area contributed by atoms with Gasteiger partial charge in [-0.1, -0.05) is 49.7 Å². The van der Waals surface area contributed by atoms with Gasteiger partial charge >= 0.3 is 0 Å². The number of hydrogen-bond donors (Lipinski definition) is 0. The van der Waals surface area contributed by atoms with E-state index in [1.165, 1.54) is 22.3 Å². The molecule has 0 aromatic heterocycles. The molecule has 1 heteroatoms. The Labute approximate surface area is 88.9 Å². The molecule has 0 unspecified atom stereocenters. The van der Waals surface area contributed by atoms with Crippen LogP contribution in [0.15, 0.2) is 30.3 Å². The van der Waals surface area contributed by atoms with Crippen LogP contribution < -0.4 is 0 Å². The molecule has 0 nitrogen and oxygen atoms in total. The SMILES string of the molecule is CC1(C)c2c(Cl)ccc3cccc-3c21. The van der Waals surface area contributed by atoms with Crippen molar-refractivity contribution in [2.45, 2.75) is 19.3 Å². The quantitative estimate of drug-likeness (QED) is 0.604. The Bertz CT molecular complexity index is 497. The first-order valence-corrected chi connectivity index (χ1v) is 5.22. The van der Waals surface area contributed by atoms with Crippen molar-refractivity contribution in [1.82, 2.24) is 0 Å². The fourth-order valence-electron chi connectivity index (χ4n) is 2.41. The summed E-state index contributed by atoms with van der Waals surface area (Å²) < 4.78 is 0. The highest BCUT2D eigenvalue weighted by molar-refractivity contribution is 6.32. The average molecular weight is 203 g/mol. The summed E-state index contributed by atoms with van der Waals surface area (Å²) in [5.74, 6) is 0. The summed E-state index contributed by atoms with van der Waals surface area (Å²) in [4.78, 5) is 0. The molecule has 0 radical (unpaired) electrons. The molecule has 3 aliphatic carbocycles. The van der Waals surface area contributed by atoms with Gasteiger partial charge in [0.2, 0.25) is 0 Å². The maximum absolute atomic E-state index is 6.22. The fourth-order valence-corrected chi connectivity index (χ4v) is 2.81. The molecule has 0 aliphatic heterocycles. The molecule has 0 aromatic carbocycles. The van der Waals surface area contributed by atoms with Crippen LogP contribution in [0.5, 0.6) is 0 Å². The highest BCUT2D eigenvalue weighted by atomic mass is 35.5. The van der Waals surface area contributed by atoms with Crippen LogP contribution in [-0.2, 0) is 5.41 Å². The Balaban J connectivity index is 2.42. The summed E-state index contributed by atoms with van der Waals surface area (Å²) in [6.45, 7) is 4.46. The van der Waals surface area contributed by atoms with E-state index >= 15 is 0 Å². The van der Waals surface area contributed by atoms with Crippen LogP contribution in [0.2, 0.25) is 5.02 Å². The molecule has 0 saturated carbocycles. The molecular weight excluding hydrogens is 192 g/mol. The molecule has 0 heterocycles. The monoisotopic (exact) mass is 202 g/mol. The minimum absolute atomic E-state index is 0.185. The number of halogens is 1. The van der Waals surface area contributed by atoms with Crippen molar-refractivity contribution in [2.24, 2.45) is 0 Å². The highest BCUT2D eigenvalue weighted by Crippen LogP contribution is 2.56. The maximum atomic E-state index is 6.22. The molecule has 0 atom stereocenters. The van der Waals surface area contributed by atoms with Gasteiger partial charge in [0.25, 0.3) is 0 Å². The van der Waals surface area contributed by atoms with Crippen LogP contribution in [0, 0.1) is 0 Å². The normalized spacial score (nSPS) is 16.8. The van der Waals surface area contributed by atoms with E-state index in [0.717, 1.165) is 5.02 Å². The Kier molecular flexibility index (Phi) is 1.38. The van der Waals surface area contributed by atoms with Gasteiger partial charge in [-0.25, -0.2) is 0 Å². The van der Waals surface area contributed by atoms with Crippen molar-refractivity contribution in [1.29, 1.82) is 0 Å². The molecule has 0 aromatic rings. The zero-order valence-corrected chi connectivity index (χ0v) is 9.02. The van der Waals surface area contributed by atoms with Crippen LogP contribution in [0.3, 0.4) is 0 Å². The van der Waals surface area contributed by atoms with E-state index in [1.807, 2.05) is 6.07 Å². The van der Waals surface area contributed by atoms with Gasteiger partial charge in [-0.3, -0.25) is 0 Å². The van der Waals surface area contributed by atoms with E-state index in [9.17, 15) is 0 Å². The summed E-state index contributed by atoms with van der Waals surface area (Å²) in [5.41, 5.74) is 5.58. The van der Waals surface area contributed by atoms with Gasteiger partial charge in [0.15, 0.2) is 0 Å². The van der Waals surface area contributed by atoms with Gasteiger partial charge in [-0.15, -0.1) is 0 Å². The van der Waals surface area contributed by atoms with Crippen molar-refractivity contribution in [2.75, 3.05) is 0 Å². The van der Waals surface area contributed by atoms with Gasteiger partial charge in [-0.05, 0) is 28.3 Å². The molecule has 3 rings (SSSR count). The molecule has 0 N–H and O–H groups in total. The minimum Gasteiger partial charge on any atom is -0.0840 e. The van der Waals surface area contributed by atoms with Crippen molar-refractivity contribution >= 4 is 11.6 Å². The summed E-state index contributed by atoms with van der Waals surface area (Å²) in [7, 11) is 0. The molecule has 0 fully saturated rings. The van der Waals surface area contributed by atoms with Gasteiger partial charge in [-0.2, -0.15) is 0 Å². The molecule has 0 spiro atoms. The van der Waals surface area contributed by atoms with Gasteiger partial charge in [0.1, 0.15) is 0 Å². The molecule has 70 valence electrons. The number of fused-ring (bicyclic) bond motifs is 3. The Morgan fingerprint density at radius 3 is 2.57 bits per heavy atom. The maximum Gasteiger partial charge on any atom is 0.0450 e. The summed E-state index contributed by atoms with van der Waals surface area (Å²) in [5, 5.41) is 0.904. The number of rotatable bonds is 0. The summed E-state index contributed by atoms with van der Waals surface area (Å²) >= 11 is 6.22. The van der Waals surface area contributed by atoms with Gasteiger partial charge < -0.3 is 0 Å². The second-order valence-electron chi connectivity index (χ2n) is 4.45. The molecule has 0 saturated heterocycles. The standard InChI is InChI=1S/C13H11Cl/c1-13(2)11-9-5-3-4-8(9)6-7-10(14)12(11)13/h3-7H,1-2H3.